The highest BCUT2D eigenvalue weighted by atomic mass is 32.2. The molecular formula is C16H22F3N3OS. The topological polar surface area (TPSA) is 44.4 Å². The van der Waals surface area contributed by atoms with Gasteiger partial charge in [-0.3, -0.25) is 9.52 Å². The van der Waals surface area contributed by atoms with Crippen LogP contribution in [0.1, 0.15) is 23.2 Å². The lowest BCUT2D eigenvalue weighted by Crippen LogP contribution is -2.40. The van der Waals surface area contributed by atoms with Crippen LogP contribution in [0.3, 0.4) is 0 Å². The van der Waals surface area contributed by atoms with E-state index < -0.39 is 5.51 Å². The molecular weight excluding hydrogens is 339 g/mol. The largest absolute Gasteiger partial charge is 0.456 e. The number of hydrogen-bond acceptors (Lipinski definition) is 4. The highest BCUT2D eigenvalue weighted by Gasteiger charge is 2.28. The highest BCUT2D eigenvalue weighted by Crippen LogP contribution is 2.26. The lowest BCUT2D eigenvalue weighted by molar-refractivity contribution is -0.0336. The van der Waals surface area contributed by atoms with Crippen LogP contribution in [0.4, 0.5) is 13.2 Å². The van der Waals surface area contributed by atoms with Gasteiger partial charge in [0.25, 0.3) is 5.91 Å². The predicted octanol–water partition coefficient (Wildman–Crippen LogP) is 2.89. The van der Waals surface area contributed by atoms with E-state index in [1.54, 1.807) is 12.1 Å². The molecule has 0 radical (unpaired) electrons. The Kier molecular flexibility index (Phi) is 7.39. The Bertz CT molecular complexity index is 505. The van der Waals surface area contributed by atoms with Crippen molar-refractivity contribution in [2.45, 2.75) is 18.3 Å². The molecule has 0 unspecified atom stereocenters. The van der Waals surface area contributed by atoms with Gasteiger partial charge >= 0.3 is 5.51 Å². The zero-order valence-corrected chi connectivity index (χ0v) is 14.1. The van der Waals surface area contributed by atoms with Crippen LogP contribution < -0.4 is 10.0 Å². The Hall–Kier alpha value is -1.25. The number of hydrogen-bond donors (Lipinski definition) is 2. The van der Waals surface area contributed by atoms with Crippen LogP contribution in [0.15, 0.2) is 30.3 Å². The lowest BCUT2D eigenvalue weighted by Gasteiger charge is -2.32. The standard InChI is InChI=1S/C16H22F3N3OS/c17-16(18,19)24-21-8-11-22-9-6-13(7-10-22)12-20-15(23)14-4-2-1-3-5-14/h1-5,13,21H,6-12H2,(H,20,23). The predicted molar refractivity (Wildman–Crippen MR) is 89.6 cm³/mol. The maximum atomic E-state index is 12.0. The molecule has 1 aromatic rings. The van der Waals surface area contributed by atoms with E-state index in [-0.39, 0.29) is 17.9 Å². The molecule has 134 valence electrons. The van der Waals surface area contributed by atoms with Crippen LogP contribution in [0.5, 0.6) is 0 Å². The Labute approximate surface area is 144 Å². The number of piperidine rings is 1. The number of likely N-dealkylation sites (tertiary alicyclic amines) is 1. The average molecular weight is 361 g/mol. The molecule has 1 fully saturated rings. The number of nitrogens with zero attached hydrogens (tertiary/aromatic N) is 1. The van der Waals surface area contributed by atoms with Gasteiger partial charge in [0.15, 0.2) is 0 Å². The van der Waals surface area contributed by atoms with Gasteiger partial charge in [0.1, 0.15) is 0 Å². The van der Waals surface area contributed by atoms with Gasteiger partial charge in [-0.15, -0.1) is 0 Å². The summed E-state index contributed by atoms with van der Waals surface area (Å²) in [5.41, 5.74) is -3.58. The molecule has 1 heterocycles. The second kappa shape index (κ2) is 9.29. The number of rotatable bonds is 7. The summed E-state index contributed by atoms with van der Waals surface area (Å²) in [5.74, 6) is 0.359. The SMILES string of the molecule is O=C(NCC1CCN(CCNSC(F)(F)F)CC1)c1ccccc1. The van der Waals surface area contributed by atoms with Crippen molar-refractivity contribution in [3.05, 3.63) is 35.9 Å². The van der Waals surface area contributed by atoms with E-state index in [1.807, 2.05) is 18.2 Å². The molecule has 4 nitrogen and oxygen atoms in total. The molecule has 1 aromatic carbocycles. The highest BCUT2D eigenvalue weighted by molar-refractivity contribution is 7.98. The Morgan fingerprint density at radius 3 is 2.50 bits per heavy atom. The first-order valence-corrected chi connectivity index (χ1v) is 8.79. The molecule has 1 aliphatic rings. The lowest BCUT2D eigenvalue weighted by atomic mass is 9.96. The molecule has 0 aliphatic carbocycles. The van der Waals surface area contributed by atoms with Crippen LogP contribution in [0, 0.1) is 5.92 Å². The number of nitrogens with one attached hydrogen (secondary N) is 2. The summed E-state index contributed by atoms with van der Waals surface area (Å²) in [6, 6.07) is 9.10. The minimum Gasteiger partial charge on any atom is -0.352 e. The second-order valence-corrected chi connectivity index (χ2v) is 6.76. The van der Waals surface area contributed by atoms with E-state index in [4.69, 9.17) is 0 Å². The van der Waals surface area contributed by atoms with E-state index in [9.17, 15) is 18.0 Å². The van der Waals surface area contributed by atoms with Crippen molar-refractivity contribution in [1.29, 1.82) is 0 Å². The fraction of sp³-hybridized carbons (Fsp3) is 0.562. The molecule has 1 saturated heterocycles. The monoisotopic (exact) mass is 361 g/mol. The van der Waals surface area contributed by atoms with Crippen LogP contribution >= 0.6 is 11.9 Å². The summed E-state index contributed by atoms with van der Waals surface area (Å²) in [6.45, 7) is 3.25. The minimum absolute atomic E-state index is 0.0635. The maximum Gasteiger partial charge on any atom is 0.456 e. The van der Waals surface area contributed by atoms with Gasteiger partial charge in [0.05, 0.1) is 0 Å². The van der Waals surface area contributed by atoms with E-state index in [0.717, 1.165) is 25.9 Å². The smallest absolute Gasteiger partial charge is 0.352 e. The van der Waals surface area contributed by atoms with Crippen molar-refractivity contribution < 1.29 is 18.0 Å². The van der Waals surface area contributed by atoms with Crippen LogP contribution in [0.25, 0.3) is 0 Å². The van der Waals surface area contributed by atoms with Crippen molar-refractivity contribution in [3.63, 3.8) is 0 Å². The molecule has 8 heteroatoms. The first-order chi connectivity index (χ1) is 11.4. The van der Waals surface area contributed by atoms with Crippen LogP contribution in [-0.2, 0) is 0 Å². The fourth-order valence-electron chi connectivity index (χ4n) is 2.68. The Morgan fingerprint density at radius 2 is 1.88 bits per heavy atom. The van der Waals surface area contributed by atoms with Crippen molar-refractivity contribution in [1.82, 2.24) is 14.9 Å². The number of carbonyl (C=O) groups excluding carboxylic acids is 1. The Morgan fingerprint density at radius 1 is 1.21 bits per heavy atom. The zero-order valence-electron chi connectivity index (χ0n) is 13.3. The van der Waals surface area contributed by atoms with Gasteiger partial charge in [-0.1, -0.05) is 18.2 Å². The van der Waals surface area contributed by atoms with Gasteiger partial charge in [0, 0.05) is 37.1 Å². The van der Waals surface area contributed by atoms with Crippen molar-refractivity contribution in [2.24, 2.45) is 5.92 Å². The van der Waals surface area contributed by atoms with E-state index >= 15 is 0 Å². The van der Waals surface area contributed by atoms with Gasteiger partial charge in [-0.25, -0.2) is 0 Å². The van der Waals surface area contributed by atoms with E-state index in [2.05, 4.69) is 14.9 Å². The van der Waals surface area contributed by atoms with Crippen molar-refractivity contribution in [3.8, 4) is 0 Å². The third-order valence-corrected chi connectivity index (χ3v) is 4.59. The summed E-state index contributed by atoms with van der Waals surface area (Å²) in [4.78, 5) is 14.1. The number of alkyl halides is 3. The van der Waals surface area contributed by atoms with Crippen molar-refractivity contribution >= 4 is 17.9 Å². The van der Waals surface area contributed by atoms with Crippen LogP contribution in [0.2, 0.25) is 0 Å². The number of halogens is 3. The van der Waals surface area contributed by atoms with Gasteiger partial charge in [0.2, 0.25) is 0 Å². The van der Waals surface area contributed by atoms with E-state index in [1.165, 1.54) is 0 Å². The molecule has 0 bridgehead atoms. The number of benzene rings is 1. The second-order valence-electron chi connectivity index (χ2n) is 5.80. The minimum atomic E-state index is -4.23. The molecule has 0 saturated carbocycles. The first-order valence-electron chi connectivity index (χ1n) is 7.97. The van der Waals surface area contributed by atoms with E-state index in [0.29, 0.717) is 31.1 Å². The Balaban J connectivity index is 1.58. The first kappa shape index (κ1) is 19.1. The third-order valence-electron chi connectivity index (χ3n) is 4.01. The zero-order chi connectivity index (χ0) is 17.4. The molecule has 0 aromatic heterocycles. The van der Waals surface area contributed by atoms with Gasteiger partial charge < -0.3 is 10.2 Å². The summed E-state index contributed by atoms with van der Waals surface area (Å²) < 4.78 is 38.3. The average Bonchev–Trinajstić information content (AvgIpc) is 2.57. The third kappa shape index (κ3) is 7.11. The summed E-state index contributed by atoms with van der Waals surface area (Å²) in [5, 5.41) is 2.95. The maximum absolute atomic E-state index is 12.0. The number of amides is 1. The molecule has 1 amide bonds. The summed E-state index contributed by atoms with van der Waals surface area (Å²) in [7, 11) is 0. The molecule has 0 spiro atoms. The summed E-state index contributed by atoms with van der Waals surface area (Å²) in [6.07, 6.45) is 1.89. The van der Waals surface area contributed by atoms with Crippen LogP contribution in [-0.4, -0.2) is 49.0 Å². The van der Waals surface area contributed by atoms with Gasteiger partial charge in [-0.05, 0) is 44.0 Å². The number of carbonyl (C=O) groups is 1. The fourth-order valence-corrected chi connectivity index (χ4v) is 3.04. The van der Waals surface area contributed by atoms with Gasteiger partial charge in [-0.2, -0.15) is 13.2 Å². The molecule has 0 atom stereocenters. The quantitative estimate of drug-likeness (QED) is 0.579. The summed E-state index contributed by atoms with van der Waals surface area (Å²) >= 11 is -0.192. The molecule has 24 heavy (non-hydrogen) atoms. The molecule has 2 N–H and O–H groups in total. The molecule has 2 rings (SSSR count). The normalized spacial score (nSPS) is 17.0. The molecule has 1 aliphatic heterocycles. The van der Waals surface area contributed by atoms with Crippen molar-refractivity contribution in [2.75, 3.05) is 32.7 Å².